The van der Waals surface area contributed by atoms with Crippen LogP contribution in [0.25, 0.3) is 0 Å². The first-order valence-corrected chi connectivity index (χ1v) is 6.65. The molecule has 1 rings (SSSR count). The standard InChI is InChI=1S/C15H22N2O3/c1-5-9-15(2,3)13(18)16-11-7-6-8-12(10-11)17-14(19)20-4/h6-8,10H,5,9H2,1-4H3,(H,16,18)(H,17,19). The van der Waals surface area contributed by atoms with Gasteiger partial charge in [0.2, 0.25) is 5.91 Å². The van der Waals surface area contributed by atoms with Crippen LogP contribution in [0.15, 0.2) is 24.3 Å². The normalized spacial score (nSPS) is 10.8. The van der Waals surface area contributed by atoms with Crippen molar-refractivity contribution in [2.45, 2.75) is 33.6 Å². The molecule has 0 saturated heterocycles. The summed E-state index contributed by atoms with van der Waals surface area (Å²) in [6.45, 7) is 5.89. The fourth-order valence-electron chi connectivity index (χ4n) is 1.88. The number of ether oxygens (including phenoxy) is 1. The summed E-state index contributed by atoms with van der Waals surface area (Å²) in [6, 6.07) is 6.96. The van der Waals surface area contributed by atoms with Crippen LogP contribution in [0.3, 0.4) is 0 Å². The first kappa shape index (κ1) is 16.0. The summed E-state index contributed by atoms with van der Waals surface area (Å²) in [4.78, 5) is 23.3. The van der Waals surface area contributed by atoms with E-state index in [-0.39, 0.29) is 5.91 Å². The smallest absolute Gasteiger partial charge is 0.411 e. The number of carbonyl (C=O) groups excluding carboxylic acids is 2. The van der Waals surface area contributed by atoms with Crippen molar-refractivity contribution in [2.24, 2.45) is 5.41 Å². The van der Waals surface area contributed by atoms with Gasteiger partial charge in [0.15, 0.2) is 0 Å². The van der Waals surface area contributed by atoms with E-state index in [1.807, 2.05) is 13.8 Å². The first-order valence-electron chi connectivity index (χ1n) is 6.65. The molecule has 0 unspecified atom stereocenters. The number of nitrogens with one attached hydrogen (secondary N) is 2. The van der Waals surface area contributed by atoms with Gasteiger partial charge in [0, 0.05) is 16.8 Å². The number of benzene rings is 1. The largest absolute Gasteiger partial charge is 0.453 e. The second kappa shape index (κ2) is 6.93. The van der Waals surface area contributed by atoms with E-state index in [2.05, 4.69) is 22.3 Å². The summed E-state index contributed by atoms with van der Waals surface area (Å²) < 4.78 is 4.52. The monoisotopic (exact) mass is 278 g/mol. The first-order chi connectivity index (χ1) is 9.39. The maximum atomic E-state index is 12.2. The second-order valence-electron chi connectivity index (χ2n) is 5.29. The highest BCUT2D eigenvalue weighted by Gasteiger charge is 2.26. The lowest BCUT2D eigenvalue weighted by molar-refractivity contribution is -0.124. The molecule has 0 radical (unpaired) electrons. The number of hydrogen-bond acceptors (Lipinski definition) is 3. The van der Waals surface area contributed by atoms with Crippen LogP contribution in [0.2, 0.25) is 0 Å². The molecular formula is C15H22N2O3. The Hall–Kier alpha value is -2.04. The van der Waals surface area contributed by atoms with E-state index in [0.717, 1.165) is 12.8 Å². The molecule has 0 aliphatic carbocycles. The number of carbonyl (C=O) groups is 2. The summed E-state index contributed by atoms with van der Waals surface area (Å²) in [5.74, 6) is -0.0328. The highest BCUT2D eigenvalue weighted by Crippen LogP contribution is 2.25. The number of methoxy groups -OCH3 is 1. The van der Waals surface area contributed by atoms with Gasteiger partial charge in [-0.15, -0.1) is 0 Å². The number of rotatable bonds is 5. The Morgan fingerprint density at radius 3 is 2.35 bits per heavy atom. The van der Waals surface area contributed by atoms with Crippen molar-refractivity contribution in [1.82, 2.24) is 0 Å². The fourth-order valence-corrected chi connectivity index (χ4v) is 1.88. The van der Waals surface area contributed by atoms with Crippen LogP contribution in [0, 0.1) is 5.41 Å². The molecule has 1 aromatic carbocycles. The Bertz CT molecular complexity index is 484. The highest BCUT2D eigenvalue weighted by atomic mass is 16.5. The molecule has 0 fully saturated rings. The molecule has 0 atom stereocenters. The molecule has 2 amide bonds. The van der Waals surface area contributed by atoms with Crippen LogP contribution in [0.1, 0.15) is 33.6 Å². The van der Waals surface area contributed by atoms with Gasteiger partial charge in [0.25, 0.3) is 0 Å². The minimum atomic E-state index is -0.542. The summed E-state index contributed by atoms with van der Waals surface area (Å²) >= 11 is 0. The molecule has 0 aromatic heterocycles. The van der Waals surface area contributed by atoms with Crippen molar-refractivity contribution < 1.29 is 14.3 Å². The number of hydrogen-bond donors (Lipinski definition) is 2. The van der Waals surface area contributed by atoms with Gasteiger partial charge >= 0.3 is 6.09 Å². The lowest BCUT2D eigenvalue weighted by atomic mass is 9.87. The van der Waals surface area contributed by atoms with Gasteiger partial charge in [-0.3, -0.25) is 10.1 Å². The van der Waals surface area contributed by atoms with Crippen molar-refractivity contribution in [1.29, 1.82) is 0 Å². The van der Waals surface area contributed by atoms with E-state index in [0.29, 0.717) is 11.4 Å². The van der Waals surface area contributed by atoms with Gasteiger partial charge in [0.05, 0.1) is 7.11 Å². The lowest BCUT2D eigenvalue weighted by Crippen LogP contribution is -2.30. The number of anilines is 2. The van der Waals surface area contributed by atoms with Gasteiger partial charge < -0.3 is 10.1 Å². The number of amides is 2. The van der Waals surface area contributed by atoms with E-state index in [1.54, 1.807) is 24.3 Å². The average Bonchev–Trinajstić information content (AvgIpc) is 2.38. The third kappa shape index (κ3) is 4.57. The topological polar surface area (TPSA) is 67.4 Å². The third-order valence-corrected chi connectivity index (χ3v) is 3.04. The Morgan fingerprint density at radius 1 is 1.20 bits per heavy atom. The van der Waals surface area contributed by atoms with Gasteiger partial charge in [-0.05, 0) is 24.6 Å². The molecule has 110 valence electrons. The third-order valence-electron chi connectivity index (χ3n) is 3.04. The molecular weight excluding hydrogens is 256 g/mol. The van der Waals surface area contributed by atoms with Gasteiger partial charge in [-0.2, -0.15) is 0 Å². The average molecular weight is 278 g/mol. The van der Waals surface area contributed by atoms with Crippen molar-refractivity contribution in [2.75, 3.05) is 17.7 Å². The SMILES string of the molecule is CCCC(C)(C)C(=O)Nc1cccc(NC(=O)OC)c1. The van der Waals surface area contributed by atoms with Crippen LogP contribution in [0.5, 0.6) is 0 Å². The van der Waals surface area contributed by atoms with Crippen molar-refractivity contribution in [3.8, 4) is 0 Å². The van der Waals surface area contributed by atoms with Crippen LogP contribution in [-0.2, 0) is 9.53 Å². The van der Waals surface area contributed by atoms with Gasteiger partial charge in [-0.25, -0.2) is 4.79 Å². The summed E-state index contributed by atoms with van der Waals surface area (Å²) in [7, 11) is 1.30. The molecule has 20 heavy (non-hydrogen) atoms. The molecule has 0 aliphatic rings. The summed E-state index contributed by atoms with van der Waals surface area (Å²) in [6.07, 6.45) is 1.23. The molecule has 5 nitrogen and oxygen atoms in total. The summed E-state index contributed by atoms with van der Waals surface area (Å²) in [5, 5.41) is 5.42. The van der Waals surface area contributed by atoms with Crippen molar-refractivity contribution in [3.63, 3.8) is 0 Å². The van der Waals surface area contributed by atoms with Gasteiger partial charge in [-0.1, -0.05) is 33.3 Å². The predicted octanol–water partition coefficient (Wildman–Crippen LogP) is 3.63. The maximum absolute atomic E-state index is 12.2. The molecule has 0 saturated carbocycles. The molecule has 0 bridgehead atoms. The Morgan fingerprint density at radius 2 is 1.80 bits per heavy atom. The molecule has 1 aromatic rings. The maximum Gasteiger partial charge on any atom is 0.411 e. The van der Waals surface area contributed by atoms with E-state index in [1.165, 1.54) is 7.11 Å². The Balaban J connectivity index is 2.75. The van der Waals surface area contributed by atoms with Crippen LogP contribution < -0.4 is 10.6 Å². The zero-order chi connectivity index (χ0) is 15.2. The van der Waals surface area contributed by atoms with Crippen LogP contribution in [-0.4, -0.2) is 19.1 Å². The minimum Gasteiger partial charge on any atom is -0.453 e. The second-order valence-corrected chi connectivity index (χ2v) is 5.29. The summed E-state index contributed by atoms with van der Waals surface area (Å²) in [5.41, 5.74) is 0.802. The predicted molar refractivity (Wildman–Crippen MR) is 79.8 cm³/mol. The quantitative estimate of drug-likeness (QED) is 0.864. The van der Waals surface area contributed by atoms with Crippen LogP contribution in [0.4, 0.5) is 16.2 Å². The zero-order valence-electron chi connectivity index (χ0n) is 12.4. The Labute approximate surface area is 119 Å². The molecule has 0 heterocycles. The minimum absolute atomic E-state index is 0.0328. The highest BCUT2D eigenvalue weighted by molar-refractivity contribution is 5.95. The molecule has 0 spiro atoms. The van der Waals surface area contributed by atoms with Gasteiger partial charge in [0.1, 0.15) is 0 Å². The van der Waals surface area contributed by atoms with Crippen molar-refractivity contribution >= 4 is 23.4 Å². The molecule has 0 aliphatic heterocycles. The van der Waals surface area contributed by atoms with E-state index in [4.69, 9.17) is 0 Å². The van der Waals surface area contributed by atoms with Crippen molar-refractivity contribution in [3.05, 3.63) is 24.3 Å². The molecule has 5 heteroatoms. The van der Waals surface area contributed by atoms with E-state index < -0.39 is 11.5 Å². The zero-order valence-corrected chi connectivity index (χ0v) is 12.4. The van der Waals surface area contributed by atoms with E-state index >= 15 is 0 Å². The Kier molecular flexibility index (Phi) is 5.55. The fraction of sp³-hybridized carbons (Fsp3) is 0.467. The lowest BCUT2D eigenvalue weighted by Gasteiger charge is -2.23. The van der Waals surface area contributed by atoms with Crippen LogP contribution >= 0.6 is 0 Å². The molecule has 2 N–H and O–H groups in total. The van der Waals surface area contributed by atoms with E-state index in [9.17, 15) is 9.59 Å².